The van der Waals surface area contributed by atoms with Crippen molar-refractivity contribution in [2.75, 3.05) is 59.0 Å². The van der Waals surface area contributed by atoms with Crippen LogP contribution < -0.4 is 10.6 Å². The number of likely N-dealkylation sites (N-methyl/N-ethyl adjacent to an activating group) is 1. The van der Waals surface area contributed by atoms with Crippen LogP contribution in [0.25, 0.3) is 22.2 Å². The molecule has 9 nitrogen and oxygen atoms in total. The van der Waals surface area contributed by atoms with Crippen LogP contribution in [0.15, 0.2) is 41.4 Å². The Kier molecular flexibility index (Phi) is 11.4. The SMILES string of the molecule is CCN(CC)C(=O)C(C)(C)c1ccc2[nH]c(-c3cc(C)cc(C)c3)c(CCNC(=NCCCN3CCOCC3)NC#N)c2c1. The number of H-pyrrole nitrogens is 1. The molecule has 0 atom stereocenters. The summed E-state index contributed by atoms with van der Waals surface area (Å²) in [7, 11) is 0. The molecular weight excluding hydrogens is 550 g/mol. The molecule has 0 unspecified atom stereocenters. The second kappa shape index (κ2) is 15.2. The normalized spacial score (nSPS) is 14.4. The Bertz CT molecular complexity index is 1470. The number of benzene rings is 2. The number of aromatic nitrogens is 1. The van der Waals surface area contributed by atoms with Crippen LogP contribution in [0.3, 0.4) is 0 Å². The van der Waals surface area contributed by atoms with Gasteiger partial charge in [0, 0.05) is 62.4 Å². The van der Waals surface area contributed by atoms with Crippen molar-refractivity contribution in [2.45, 2.75) is 59.8 Å². The van der Waals surface area contributed by atoms with Crippen LogP contribution in [0.1, 0.15) is 56.4 Å². The molecule has 9 heteroatoms. The van der Waals surface area contributed by atoms with E-state index in [4.69, 9.17) is 4.74 Å². The van der Waals surface area contributed by atoms with Crippen molar-refractivity contribution < 1.29 is 9.53 Å². The molecular formula is C35H49N7O2. The van der Waals surface area contributed by atoms with E-state index in [0.717, 1.165) is 67.0 Å². The second-order valence-corrected chi connectivity index (χ2v) is 12.2. The van der Waals surface area contributed by atoms with Gasteiger partial charge in [0.25, 0.3) is 0 Å². The number of aromatic amines is 1. The van der Waals surface area contributed by atoms with Crippen molar-refractivity contribution in [1.29, 1.82) is 5.26 Å². The number of nitrogens with zero attached hydrogens (tertiary/aromatic N) is 4. The Morgan fingerprint density at radius 1 is 1.11 bits per heavy atom. The number of guanidine groups is 1. The van der Waals surface area contributed by atoms with Gasteiger partial charge in [-0.2, -0.15) is 5.26 Å². The molecule has 0 aliphatic carbocycles. The van der Waals surface area contributed by atoms with E-state index in [1.54, 1.807) is 0 Å². The standard InChI is InChI=1S/C35H49N7O2/c1-7-42(8-2)33(43)35(5,6)28-10-11-31-30(23-28)29(32(40-31)27-21-25(3)20-26(4)22-27)12-14-38-34(39-24-36)37-13-9-15-41-16-18-44-19-17-41/h10-11,20-23,40H,7-9,12-19H2,1-6H3,(H2,37,38,39). The number of nitriles is 1. The summed E-state index contributed by atoms with van der Waals surface area (Å²) in [5, 5.41) is 16.5. The average Bonchev–Trinajstić information content (AvgIpc) is 3.37. The number of carbonyl (C=O) groups is 1. The van der Waals surface area contributed by atoms with E-state index in [-0.39, 0.29) is 5.91 Å². The molecule has 0 spiro atoms. The van der Waals surface area contributed by atoms with Crippen LogP contribution in [0.5, 0.6) is 0 Å². The molecule has 2 heterocycles. The summed E-state index contributed by atoms with van der Waals surface area (Å²) < 4.78 is 5.43. The number of morpholine rings is 1. The van der Waals surface area contributed by atoms with Gasteiger partial charge in [0.1, 0.15) is 0 Å². The summed E-state index contributed by atoms with van der Waals surface area (Å²) in [5.41, 5.74) is 7.18. The van der Waals surface area contributed by atoms with Crippen molar-refractivity contribution in [3.63, 3.8) is 0 Å². The van der Waals surface area contributed by atoms with Crippen molar-refractivity contribution in [3.8, 4) is 17.5 Å². The first kappa shape index (κ1) is 33.0. The topological polar surface area (TPSA) is 109 Å². The summed E-state index contributed by atoms with van der Waals surface area (Å²) in [6.07, 6.45) is 3.65. The fraction of sp³-hybridized carbons (Fsp3) is 0.514. The molecule has 0 saturated carbocycles. The Labute approximate surface area is 262 Å². The Balaban J connectivity index is 1.60. The molecule has 236 valence electrons. The predicted octanol–water partition coefficient (Wildman–Crippen LogP) is 4.88. The van der Waals surface area contributed by atoms with Gasteiger partial charge in [-0.25, -0.2) is 0 Å². The number of carbonyl (C=O) groups excluding carboxylic acids is 1. The third-order valence-electron chi connectivity index (χ3n) is 8.57. The van der Waals surface area contributed by atoms with Gasteiger partial charge in [0.15, 0.2) is 6.19 Å². The van der Waals surface area contributed by atoms with Gasteiger partial charge in [0.2, 0.25) is 11.9 Å². The lowest BCUT2D eigenvalue weighted by Crippen LogP contribution is -2.43. The van der Waals surface area contributed by atoms with Crippen molar-refractivity contribution in [1.82, 2.24) is 25.4 Å². The minimum atomic E-state index is -0.662. The summed E-state index contributed by atoms with van der Waals surface area (Å²) in [6.45, 7) is 19.4. The number of ether oxygens (including phenoxy) is 1. The number of nitrogens with one attached hydrogen (secondary N) is 3. The number of rotatable bonds is 12. The van der Waals surface area contributed by atoms with Crippen molar-refractivity contribution >= 4 is 22.8 Å². The van der Waals surface area contributed by atoms with Gasteiger partial charge in [-0.05, 0) is 95.3 Å². The third-order valence-corrected chi connectivity index (χ3v) is 8.57. The summed E-state index contributed by atoms with van der Waals surface area (Å²) in [6, 6.07) is 13.0. The van der Waals surface area contributed by atoms with E-state index < -0.39 is 5.41 Å². The van der Waals surface area contributed by atoms with Gasteiger partial charge >= 0.3 is 0 Å². The number of hydrogen-bond acceptors (Lipinski definition) is 5. The number of fused-ring (bicyclic) bond motifs is 1. The third kappa shape index (κ3) is 7.99. The van der Waals surface area contributed by atoms with Crippen LogP contribution in [-0.4, -0.2) is 85.7 Å². The molecule has 1 amide bonds. The number of hydrogen-bond donors (Lipinski definition) is 3. The zero-order valence-corrected chi connectivity index (χ0v) is 27.3. The van der Waals surface area contributed by atoms with Crippen molar-refractivity contribution in [2.24, 2.45) is 4.99 Å². The zero-order valence-electron chi connectivity index (χ0n) is 27.3. The first-order valence-electron chi connectivity index (χ1n) is 15.9. The highest BCUT2D eigenvalue weighted by Crippen LogP contribution is 2.35. The summed E-state index contributed by atoms with van der Waals surface area (Å²) in [4.78, 5) is 26.1. The Hall–Kier alpha value is -3.87. The maximum atomic E-state index is 13.5. The highest BCUT2D eigenvalue weighted by molar-refractivity contribution is 5.94. The van der Waals surface area contributed by atoms with E-state index in [0.29, 0.717) is 38.6 Å². The van der Waals surface area contributed by atoms with Gasteiger partial charge in [-0.15, -0.1) is 0 Å². The maximum Gasteiger partial charge on any atom is 0.232 e. The smallest absolute Gasteiger partial charge is 0.232 e. The lowest BCUT2D eigenvalue weighted by atomic mass is 9.82. The van der Waals surface area contributed by atoms with Crippen LogP contribution in [-0.2, 0) is 21.4 Å². The largest absolute Gasteiger partial charge is 0.379 e. The van der Waals surface area contributed by atoms with Crippen molar-refractivity contribution in [3.05, 3.63) is 58.7 Å². The number of aryl methyl sites for hydroxylation is 2. The first-order chi connectivity index (χ1) is 21.2. The van der Waals surface area contributed by atoms with E-state index in [1.165, 1.54) is 16.7 Å². The number of aliphatic imine (C=N–C) groups is 1. The zero-order chi connectivity index (χ0) is 31.7. The average molecular weight is 600 g/mol. The highest BCUT2D eigenvalue weighted by Gasteiger charge is 2.33. The minimum Gasteiger partial charge on any atom is -0.379 e. The lowest BCUT2D eigenvalue weighted by Gasteiger charge is -2.31. The maximum absolute atomic E-state index is 13.5. The first-order valence-corrected chi connectivity index (χ1v) is 15.9. The summed E-state index contributed by atoms with van der Waals surface area (Å²) >= 11 is 0. The highest BCUT2D eigenvalue weighted by atomic mass is 16.5. The van der Waals surface area contributed by atoms with Gasteiger partial charge in [0.05, 0.1) is 18.6 Å². The van der Waals surface area contributed by atoms with Crippen LogP contribution >= 0.6 is 0 Å². The Morgan fingerprint density at radius 2 is 1.82 bits per heavy atom. The second-order valence-electron chi connectivity index (χ2n) is 12.2. The van der Waals surface area contributed by atoms with E-state index >= 15 is 0 Å². The predicted molar refractivity (Wildman–Crippen MR) is 179 cm³/mol. The molecule has 1 aromatic heterocycles. The molecule has 44 heavy (non-hydrogen) atoms. The Morgan fingerprint density at radius 3 is 2.48 bits per heavy atom. The lowest BCUT2D eigenvalue weighted by molar-refractivity contribution is -0.135. The monoisotopic (exact) mass is 599 g/mol. The molecule has 1 aliphatic rings. The van der Waals surface area contributed by atoms with Crippen LogP contribution in [0.2, 0.25) is 0 Å². The minimum absolute atomic E-state index is 0.132. The fourth-order valence-corrected chi connectivity index (χ4v) is 6.10. The molecule has 1 saturated heterocycles. The van der Waals surface area contributed by atoms with Gasteiger partial charge in [-0.1, -0.05) is 23.3 Å². The molecule has 0 radical (unpaired) electrons. The molecule has 4 rings (SSSR count). The quantitative estimate of drug-likeness (QED) is 0.0901. The molecule has 1 fully saturated rings. The molecule has 2 aromatic carbocycles. The van der Waals surface area contributed by atoms with Crippen LogP contribution in [0.4, 0.5) is 0 Å². The van der Waals surface area contributed by atoms with E-state index in [2.05, 4.69) is 75.8 Å². The van der Waals surface area contributed by atoms with E-state index in [1.807, 2.05) is 38.8 Å². The molecule has 0 bridgehead atoms. The van der Waals surface area contributed by atoms with Crippen LogP contribution in [0, 0.1) is 25.3 Å². The molecule has 3 aromatic rings. The van der Waals surface area contributed by atoms with Gasteiger partial charge < -0.3 is 19.9 Å². The molecule has 3 N–H and O–H groups in total. The fourth-order valence-electron chi connectivity index (χ4n) is 6.10. The van der Waals surface area contributed by atoms with E-state index in [9.17, 15) is 10.1 Å². The summed E-state index contributed by atoms with van der Waals surface area (Å²) in [5.74, 6) is 0.626. The van der Waals surface area contributed by atoms with Gasteiger partial charge in [-0.3, -0.25) is 20.0 Å². The number of amides is 1. The molecule has 1 aliphatic heterocycles.